The van der Waals surface area contributed by atoms with Crippen LogP contribution in [0.3, 0.4) is 0 Å². The number of nitrogens with one attached hydrogen (secondary N) is 1. The summed E-state index contributed by atoms with van der Waals surface area (Å²) in [5.74, 6) is -0.895. The van der Waals surface area contributed by atoms with Crippen LogP contribution in [0.5, 0.6) is 5.75 Å². The number of hydrogen-bond acceptors (Lipinski definition) is 2. The maximum atomic E-state index is 12.6. The Labute approximate surface area is 75.2 Å². The zero-order chi connectivity index (χ0) is 9.84. The second-order valence-electron chi connectivity index (χ2n) is 2.56. The summed E-state index contributed by atoms with van der Waals surface area (Å²) in [4.78, 5) is 10.9. The van der Waals surface area contributed by atoms with Crippen molar-refractivity contribution < 1.29 is 14.3 Å². The number of anilines is 1. The van der Waals surface area contributed by atoms with Crippen molar-refractivity contribution in [3.05, 3.63) is 24.0 Å². The van der Waals surface area contributed by atoms with Gasteiger partial charge in [-0.05, 0) is 12.1 Å². The number of carbonyl (C=O) groups excluding carboxylic acids is 1. The zero-order valence-corrected chi connectivity index (χ0v) is 7.17. The minimum absolute atomic E-state index is 0.104. The number of amides is 1. The normalized spacial score (nSPS) is 9.69. The molecule has 4 heteroatoms. The summed E-state index contributed by atoms with van der Waals surface area (Å²) in [6.07, 6.45) is 0.288. The number of benzene rings is 1. The minimum Gasteiger partial charge on any atom is -0.506 e. The summed E-state index contributed by atoms with van der Waals surface area (Å²) in [5, 5.41) is 11.6. The van der Waals surface area contributed by atoms with Crippen LogP contribution in [0.2, 0.25) is 0 Å². The van der Waals surface area contributed by atoms with Gasteiger partial charge in [0.05, 0.1) is 5.69 Å². The Kier molecular flexibility index (Phi) is 2.84. The Hall–Kier alpha value is -1.58. The second kappa shape index (κ2) is 3.89. The molecule has 0 atom stereocenters. The topological polar surface area (TPSA) is 49.3 Å². The van der Waals surface area contributed by atoms with Crippen LogP contribution in [-0.4, -0.2) is 11.0 Å². The Bertz CT molecular complexity index is 325. The predicted octanol–water partition coefficient (Wildman–Crippen LogP) is 1.88. The molecule has 0 spiro atoms. The number of carbonyl (C=O) groups is 1. The van der Waals surface area contributed by atoms with Crippen LogP contribution in [0.15, 0.2) is 18.2 Å². The molecule has 0 aliphatic carbocycles. The van der Waals surface area contributed by atoms with Crippen molar-refractivity contribution in [1.82, 2.24) is 0 Å². The van der Waals surface area contributed by atoms with E-state index in [-0.39, 0.29) is 23.8 Å². The number of phenolic OH excluding ortho intramolecular Hbond substituents is 1. The third-order valence-corrected chi connectivity index (χ3v) is 1.55. The Balaban J connectivity index is 2.87. The fourth-order valence-electron chi connectivity index (χ4n) is 0.847. The molecule has 70 valence electrons. The molecule has 0 saturated heterocycles. The number of halogens is 1. The van der Waals surface area contributed by atoms with Crippen LogP contribution >= 0.6 is 0 Å². The van der Waals surface area contributed by atoms with Crippen LogP contribution in [0, 0.1) is 5.82 Å². The number of aromatic hydroxyl groups is 1. The maximum Gasteiger partial charge on any atom is 0.224 e. The minimum atomic E-state index is -0.496. The number of phenols is 1. The van der Waals surface area contributed by atoms with E-state index in [1.165, 1.54) is 6.07 Å². The fraction of sp³-hybridized carbons (Fsp3) is 0.222. The van der Waals surface area contributed by atoms with Crippen molar-refractivity contribution >= 4 is 11.6 Å². The first kappa shape index (κ1) is 9.51. The molecule has 0 aliphatic rings. The van der Waals surface area contributed by atoms with Crippen LogP contribution in [0.1, 0.15) is 13.3 Å². The fourth-order valence-corrected chi connectivity index (χ4v) is 0.847. The van der Waals surface area contributed by atoms with Gasteiger partial charge in [-0.25, -0.2) is 4.39 Å². The molecule has 1 aromatic carbocycles. The quantitative estimate of drug-likeness (QED) is 0.688. The van der Waals surface area contributed by atoms with Crippen molar-refractivity contribution in [3.8, 4) is 5.75 Å². The molecule has 13 heavy (non-hydrogen) atoms. The van der Waals surface area contributed by atoms with E-state index in [2.05, 4.69) is 5.32 Å². The van der Waals surface area contributed by atoms with E-state index in [4.69, 9.17) is 0 Å². The molecule has 0 bridgehead atoms. The predicted molar refractivity (Wildman–Crippen MR) is 47.0 cm³/mol. The van der Waals surface area contributed by atoms with Gasteiger partial charge in [-0.15, -0.1) is 0 Å². The molecule has 0 unspecified atom stereocenters. The summed E-state index contributed by atoms with van der Waals surface area (Å²) in [5.41, 5.74) is 0.104. The molecule has 1 rings (SSSR count). The summed E-state index contributed by atoms with van der Waals surface area (Å²) in [6, 6.07) is 3.39. The van der Waals surface area contributed by atoms with Crippen molar-refractivity contribution in [2.75, 3.05) is 5.32 Å². The van der Waals surface area contributed by atoms with E-state index in [1.807, 2.05) is 0 Å². The molecule has 0 aliphatic heterocycles. The van der Waals surface area contributed by atoms with Gasteiger partial charge in [-0.1, -0.05) is 6.92 Å². The van der Waals surface area contributed by atoms with E-state index >= 15 is 0 Å². The van der Waals surface area contributed by atoms with Crippen molar-refractivity contribution in [2.24, 2.45) is 0 Å². The molecule has 3 nitrogen and oxygen atoms in total. The van der Waals surface area contributed by atoms with Gasteiger partial charge in [0.2, 0.25) is 5.91 Å². The van der Waals surface area contributed by atoms with Crippen LogP contribution in [0.4, 0.5) is 10.1 Å². The van der Waals surface area contributed by atoms with Crippen molar-refractivity contribution in [1.29, 1.82) is 0 Å². The van der Waals surface area contributed by atoms with Gasteiger partial charge in [-0.3, -0.25) is 4.79 Å². The molecule has 0 heterocycles. The van der Waals surface area contributed by atoms with E-state index in [0.29, 0.717) is 0 Å². The third kappa shape index (κ3) is 2.43. The molecule has 1 amide bonds. The summed E-state index contributed by atoms with van der Waals surface area (Å²) >= 11 is 0. The van der Waals surface area contributed by atoms with Gasteiger partial charge < -0.3 is 10.4 Å². The van der Waals surface area contributed by atoms with Gasteiger partial charge in [0, 0.05) is 12.5 Å². The number of hydrogen-bond donors (Lipinski definition) is 2. The van der Waals surface area contributed by atoms with Gasteiger partial charge in [0.25, 0.3) is 0 Å². The molecule has 0 radical (unpaired) electrons. The van der Waals surface area contributed by atoms with E-state index in [9.17, 15) is 14.3 Å². The van der Waals surface area contributed by atoms with E-state index in [0.717, 1.165) is 12.1 Å². The van der Waals surface area contributed by atoms with Crippen LogP contribution in [0.25, 0.3) is 0 Å². The smallest absolute Gasteiger partial charge is 0.224 e. The van der Waals surface area contributed by atoms with E-state index in [1.54, 1.807) is 6.92 Å². The number of rotatable bonds is 2. The molecular weight excluding hydrogens is 173 g/mol. The third-order valence-electron chi connectivity index (χ3n) is 1.55. The summed E-state index contributed by atoms with van der Waals surface area (Å²) in [7, 11) is 0. The molecule has 1 aromatic rings. The Morgan fingerprint density at radius 1 is 1.62 bits per heavy atom. The largest absolute Gasteiger partial charge is 0.506 e. The second-order valence-corrected chi connectivity index (χ2v) is 2.56. The molecule has 0 saturated carbocycles. The SMILES string of the molecule is CCC(=O)Nc1cc(F)ccc1O. The highest BCUT2D eigenvalue weighted by Crippen LogP contribution is 2.23. The van der Waals surface area contributed by atoms with Crippen LogP contribution < -0.4 is 5.32 Å². The highest BCUT2D eigenvalue weighted by molar-refractivity contribution is 5.91. The average Bonchev–Trinajstić information content (AvgIpc) is 2.11. The zero-order valence-electron chi connectivity index (χ0n) is 7.17. The summed E-state index contributed by atoms with van der Waals surface area (Å²) < 4.78 is 12.6. The van der Waals surface area contributed by atoms with Gasteiger partial charge in [0.1, 0.15) is 11.6 Å². The van der Waals surface area contributed by atoms with Gasteiger partial charge >= 0.3 is 0 Å². The lowest BCUT2D eigenvalue weighted by Crippen LogP contribution is -2.09. The van der Waals surface area contributed by atoms with Crippen LogP contribution in [-0.2, 0) is 4.79 Å². The summed E-state index contributed by atoms with van der Waals surface area (Å²) in [6.45, 7) is 1.67. The highest BCUT2D eigenvalue weighted by atomic mass is 19.1. The monoisotopic (exact) mass is 183 g/mol. The van der Waals surface area contributed by atoms with Crippen molar-refractivity contribution in [2.45, 2.75) is 13.3 Å². The lowest BCUT2D eigenvalue weighted by atomic mass is 10.2. The molecule has 0 aromatic heterocycles. The molecule has 0 fully saturated rings. The first-order valence-corrected chi connectivity index (χ1v) is 3.92. The molecule has 2 N–H and O–H groups in total. The Morgan fingerprint density at radius 2 is 2.31 bits per heavy atom. The first-order chi connectivity index (χ1) is 6.13. The van der Waals surface area contributed by atoms with E-state index < -0.39 is 5.82 Å². The highest BCUT2D eigenvalue weighted by Gasteiger charge is 2.05. The van der Waals surface area contributed by atoms with Gasteiger partial charge in [0.15, 0.2) is 0 Å². The molecular formula is C9H10FNO2. The standard InChI is InChI=1S/C9H10FNO2/c1-2-9(13)11-7-5-6(10)3-4-8(7)12/h3-5,12H,2H2,1H3,(H,11,13). The van der Waals surface area contributed by atoms with Gasteiger partial charge in [-0.2, -0.15) is 0 Å². The lowest BCUT2D eigenvalue weighted by molar-refractivity contribution is -0.115. The first-order valence-electron chi connectivity index (χ1n) is 3.92. The maximum absolute atomic E-state index is 12.6. The average molecular weight is 183 g/mol. The Morgan fingerprint density at radius 3 is 2.92 bits per heavy atom. The van der Waals surface area contributed by atoms with Crippen molar-refractivity contribution in [3.63, 3.8) is 0 Å². The lowest BCUT2D eigenvalue weighted by Gasteiger charge is -2.05.